The highest BCUT2D eigenvalue weighted by Crippen LogP contribution is 2.20. The maximum atomic E-state index is 10.6. The first-order chi connectivity index (χ1) is 7.19. The average Bonchev–Trinajstić information content (AvgIpc) is 2.25. The van der Waals surface area contributed by atoms with E-state index < -0.39 is 4.92 Å². The minimum atomic E-state index is -0.559. The third kappa shape index (κ3) is 2.82. The number of rotatable bonds is 3. The number of nitriles is 1. The van der Waals surface area contributed by atoms with Crippen LogP contribution in [-0.4, -0.2) is 10.7 Å². The zero-order valence-electron chi connectivity index (χ0n) is 7.75. The molecule has 0 atom stereocenters. The first-order valence-electron chi connectivity index (χ1n) is 4.15. The van der Waals surface area contributed by atoms with Crippen LogP contribution < -0.4 is 0 Å². The molecular weight excluding hydrogens is 212 g/mol. The van der Waals surface area contributed by atoms with Crippen molar-refractivity contribution in [2.75, 3.05) is 5.75 Å². The first-order valence-corrected chi connectivity index (χ1v) is 4.78. The number of hydrogen-bond acceptors (Lipinski definition) is 4. The van der Waals surface area contributed by atoms with Crippen LogP contribution in [0, 0.1) is 21.4 Å². The van der Waals surface area contributed by atoms with Crippen LogP contribution in [0.4, 0.5) is 5.69 Å². The smallest absolute Gasteiger partial charge is 0.258 e. The number of nitro benzene ring substituents is 1. The van der Waals surface area contributed by atoms with Gasteiger partial charge in [-0.15, -0.1) is 0 Å². The molecule has 0 amide bonds. The van der Waals surface area contributed by atoms with E-state index in [-0.39, 0.29) is 11.3 Å². The fourth-order valence-electron chi connectivity index (χ4n) is 1.09. The molecule has 0 spiro atoms. The minimum Gasteiger partial charge on any atom is -0.258 e. The summed E-state index contributed by atoms with van der Waals surface area (Å²) in [7, 11) is 0. The van der Waals surface area contributed by atoms with Gasteiger partial charge >= 0.3 is 0 Å². The molecule has 0 bridgehead atoms. The van der Waals surface area contributed by atoms with E-state index in [9.17, 15) is 10.1 Å². The van der Waals surface area contributed by atoms with Gasteiger partial charge < -0.3 is 0 Å². The quantitative estimate of drug-likeness (QED) is 0.483. The monoisotopic (exact) mass is 220 g/mol. The molecule has 1 aromatic rings. The zero-order valence-corrected chi connectivity index (χ0v) is 8.65. The summed E-state index contributed by atoms with van der Waals surface area (Å²) in [6.07, 6.45) is 3.50. The molecule has 1 aromatic carbocycles. The Kier molecular flexibility index (Phi) is 3.89. The van der Waals surface area contributed by atoms with Gasteiger partial charge in [0.25, 0.3) is 5.69 Å². The standard InChI is InChI=1S/C10H8N2O2S/c11-7-9-4-3-8(2-1-5-15)6-10(9)12(13)14/h1-4,6,15H,5H2. The summed E-state index contributed by atoms with van der Waals surface area (Å²) in [6.45, 7) is 0. The van der Waals surface area contributed by atoms with Crippen LogP contribution in [0.5, 0.6) is 0 Å². The molecule has 0 radical (unpaired) electrons. The van der Waals surface area contributed by atoms with Crippen molar-refractivity contribution in [3.05, 3.63) is 45.5 Å². The van der Waals surface area contributed by atoms with Gasteiger partial charge in [0.05, 0.1) is 4.92 Å². The molecule has 0 N–H and O–H groups in total. The van der Waals surface area contributed by atoms with Crippen molar-refractivity contribution in [2.24, 2.45) is 0 Å². The van der Waals surface area contributed by atoms with Crippen molar-refractivity contribution in [3.8, 4) is 6.07 Å². The van der Waals surface area contributed by atoms with Crippen molar-refractivity contribution in [2.45, 2.75) is 0 Å². The van der Waals surface area contributed by atoms with Gasteiger partial charge in [0, 0.05) is 11.8 Å². The van der Waals surface area contributed by atoms with E-state index in [1.54, 1.807) is 24.3 Å². The predicted octanol–water partition coefficient (Wildman–Crippen LogP) is 2.41. The van der Waals surface area contributed by atoms with Crippen LogP contribution in [0.15, 0.2) is 24.3 Å². The molecule has 5 heteroatoms. The van der Waals surface area contributed by atoms with Crippen molar-refractivity contribution in [1.82, 2.24) is 0 Å². The van der Waals surface area contributed by atoms with Gasteiger partial charge in [0.15, 0.2) is 0 Å². The van der Waals surface area contributed by atoms with E-state index in [2.05, 4.69) is 12.6 Å². The topological polar surface area (TPSA) is 66.9 Å². The van der Waals surface area contributed by atoms with Crippen molar-refractivity contribution in [1.29, 1.82) is 5.26 Å². The maximum Gasteiger partial charge on any atom is 0.287 e. The van der Waals surface area contributed by atoms with Crippen LogP contribution >= 0.6 is 12.6 Å². The molecule has 4 nitrogen and oxygen atoms in total. The minimum absolute atomic E-state index is 0.0722. The lowest BCUT2D eigenvalue weighted by Gasteiger charge is -1.96. The van der Waals surface area contributed by atoms with Crippen LogP contribution in [-0.2, 0) is 0 Å². The summed E-state index contributed by atoms with van der Waals surface area (Å²) in [6, 6.07) is 6.25. The average molecular weight is 220 g/mol. The van der Waals surface area contributed by atoms with Crippen LogP contribution in [0.2, 0.25) is 0 Å². The summed E-state index contributed by atoms with van der Waals surface area (Å²) >= 11 is 3.98. The summed E-state index contributed by atoms with van der Waals surface area (Å²) in [4.78, 5) is 10.1. The zero-order chi connectivity index (χ0) is 11.3. The van der Waals surface area contributed by atoms with Crippen molar-refractivity contribution >= 4 is 24.4 Å². The second-order valence-corrected chi connectivity index (χ2v) is 3.10. The maximum absolute atomic E-state index is 10.6. The number of thiol groups is 1. The Bertz CT molecular complexity index is 449. The van der Waals surface area contributed by atoms with E-state index in [0.717, 1.165) is 0 Å². The second-order valence-electron chi connectivity index (χ2n) is 2.73. The van der Waals surface area contributed by atoms with Crippen molar-refractivity contribution < 1.29 is 4.92 Å². The second kappa shape index (κ2) is 5.17. The van der Waals surface area contributed by atoms with E-state index in [0.29, 0.717) is 11.3 Å². The molecule has 0 aliphatic heterocycles. The third-order valence-electron chi connectivity index (χ3n) is 1.75. The molecule has 0 saturated heterocycles. The Morgan fingerprint density at radius 1 is 1.60 bits per heavy atom. The highest BCUT2D eigenvalue weighted by Gasteiger charge is 2.12. The lowest BCUT2D eigenvalue weighted by Crippen LogP contribution is -1.92. The predicted molar refractivity (Wildman–Crippen MR) is 60.7 cm³/mol. The van der Waals surface area contributed by atoms with Gasteiger partial charge in [-0.05, 0) is 11.6 Å². The normalized spacial score (nSPS) is 10.1. The van der Waals surface area contributed by atoms with Crippen LogP contribution in [0.1, 0.15) is 11.1 Å². The molecule has 0 saturated carbocycles. The molecule has 0 heterocycles. The van der Waals surface area contributed by atoms with E-state index >= 15 is 0 Å². The highest BCUT2D eigenvalue weighted by atomic mass is 32.1. The Morgan fingerprint density at radius 3 is 2.87 bits per heavy atom. The molecule has 0 fully saturated rings. The largest absolute Gasteiger partial charge is 0.287 e. The van der Waals surface area contributed by atoms with E-state index in [4.69, 9.17) is 5.26 Å². The molecule has 76 valence electrons. The van der Waals surface area contributed by atoms with Crippen LogP contribution in [0.25, 0.3) is 6.08 Å². The summed E-state index contributed by atoms with van der Waals surface area (Å²) in [5, 5.41) is 19.3. The summed E-state index contributed by atoms with van der Waals surface area (Å²) in [5.74, 6) is 0.563. The van der Waals surface area contributed by atoms with Crippen molar-refractivity contribution in [3.63, 3.8) is 0 Å². The van der Waals surface area contributed by atoms with E-state index in [1.807, 2.05) is 0 Å². The molecular formula is C10H8N2O2S. The number of nitrogens with zero attached hydrogens (tertiary/aromatic N) is 2. The molecule has 0 unspecified atom stereocenters. The molecule has 15 heavy (non-hydrogen) atoms. The van der Waals surface area contributed by atoms with Gasteiger partial charge in [-0.25, -0.2) is 0 Å². The summed E-state index contributed by atoms with van der Waals surface area (Å²) < 4.78 is 0. The SMILES string of the molecule is N#Cc1ccc(C=CCS)cc1[N+](=O)[O-]. The lowest BCUT2D eigenvalue weighted by molar-refractivity contribution is -0.385. The fraction of sp³-hybridized carbons (Fsp3) is 0.100. The Hall–Kier alpha value is -1.80. The Morgan fingerprint density at radius 2 is 2.33 bits per heavy atom. The van der Waals surface area contributed by atoms with Gasteiger partial charge in [-0.2, -0.15) is 17.9 Å². The fourth-order valence-corrected chi connectivity index (χ4v) is 1.19. The Balaban J connectivity index is 3.17. The number of hydrogen-bond donors (Lipinski definition) is 1. The van der Waals surface area contributed by atoms with Gasteiger partial charge in [0.1, 0.15) is 11.6 Å². The molecule has 0 aliphatic rings. The van der Waals surface area contributed by atoms with Gasteiger partial charge in [-0.3, -0.25) is 10.1 Å². The molecule has 1 rings (SSSR count). The third-order valence-corrected chi connectivity index (χ3v) is 1.97. The number of nitro groups is 1. The summed E-state index contributed by atoms with van der Waals surface area (Å²) in [5.41, 5.74) is 0.594. The van der Waals surface area contributed by atoms with Crippen LogP contribution in [0.3, 0.4) is 0 Å². The lowest BCUT2D eigenvalue weighted by atomic mass is 10.1. The molecule has 0 aliphatic carbocycles. The Labute approximate surface area is 92.4 Å². The van der Waals surface area contributed by atoms with Gasteiger partial charge in [0.2, 0.25) is 0 Å². The highest BCUT2D eigenvalue weighted by molar-refractivity contribution is 7.80. The number of benzene rings is 1. The van der Waals surface area contributed by atoms with E-state index in [1.165, 1.54) is 12.1 Å². The molecule has 0 aromatic heterocycles. The van der Waals surface area contributed by atoms with Gasteiger partial charge in [-0.1, -0.05) is 18.2 Å². The first kappa shape index (κ1) is 11.3.